The van der Waals surface area contributed by atoms with Crippen molar-refractivity contribution in [2.45, 2.75) is 25.8 Å². The highest BCUT2D eigenvalue weighted by Crippen LogP contribution is 2.37. The van der Waals surface area contributed by atoms with E-state index in [1.807, 2.05) is 0 Å². The first-order valence-corrected chi connectivity index (χ1v) is 6.75. The van der Waals surface area contributed by atoms with E-state index in [0.29, 0.717) is 11.5 Å². The van der Waals surface area contributed by atoms with Crippen LogP contribution in [0.3, 0.4) is 0 Å². The average molecular weight is 230 g/mol. The molecule has 92 valence electrons. The van der Waals surface area contributed by atoms with E-state index in [4.69, 9.17) is 0 Å². The molecule has 2 saturated heterocycles. The SMILES string of the molecule is CC1NCC2(Cc3ccccc3)CNCC1C2. The Morgan fingerprint density at radius 1 is 1.24 bits per heavy atom. The summed E-state index contributed by atoms with van der Waals surface area (Å²) in [7, 11) is 0. The van der Waals surface area contributed by atoms with E-state index in [0.717, 1.165) is 19.0 Å². The Kier molecular flexibility index (Phi) is 2.93. The van der Waals surface area contributed by atoms with Crippen molar-refractivity contribution in [3.8, 4) is 0 Å². The van der Waals surface area contributed by atoms with Gasteiger partial charge >= 0.3 is 0 Å². The summed E-state index contributed by atoms with van der Waals surface area (Å²) in [5.74, 6) is 0.807. The lowest BCUT2D eigenvalue weighted by Crippen LogP contribution is -2.60. The van der Waals surface area contributed by atoms with Gasteiger partial charge in [-0.1, -0.05) is 30.3 Å². The van der Waals surface area contributed by atoms with Crippen LogP contribution in [-0.4, -0.2) is 25.7 Å². The number of benzene rings is 1. The molecule has 0 aliphatic carbocycles. The van der Waals surface area contributed by atoms with Crippen molar-refractivity contribution in [3.05, 3.63) is 35.9 Å². The van der Waals surface area contributed by atoms with Crippen molar-refractivity contribution >= 4 is 0 Å². The van der Waals surface area contributed by atoms with E-state index in [9.17, 15) is 0 Å². The second-order valence-corrected chi connectivity index (χ2v) is 5.93. The maximum absolute atomic E-state index is 3.71. The maximum Gasteiger partial charge on any atom is 0.00795 e. The minimum Gasteiger partial charge on any atom is -0.316 e. The fourth-order valence-electron chi connectivity index (χ4n) is 3.48. The highest BCUT2D eigenvalue weighted by molar-refractivity contribution is 5.18. The summed E-state index contributed by atoms with van der Waals surface area (Å²) in [4.78, 5) is 0. The Labute approximate surface area is 104 Å². The zero-order chi connectivity index (χ0) is 11.7. The molecule has 2 nitrogen and oxygen atoms in total. The number of nitrogens with one attached hydrogen (secondary N) is 2. The molecule has 0 saturated carbocycles. The van der Waals surface area contributed by atoms with Gasteiger partial charge in [-0.15, -0.1) is 0 Å². The molecule has 3 rings (SSSR count). The normalized spacial score (nSPS) is 36.8. The van der Waals surface area contributed by atoms with Crippen LogP contribution in [0.2, 0.25) is 0 Å². The van der Waals surface area contributed by atoms with Crippen molar-refractivity contribution in [1.29, 1.82) is 0 Å². The smallest absolute Gasteiger partial charge is 0.00795 e. The molecule has 1 aromatic carbocycles. The van der Waals surface area contributed by atoms with Gasteiger partial charge in [-0.25, -0.2) is 0 Å². The molecular formula is C15H22N2. The topological polar surface area (TPSA) is 24.1 Å². The van der Waals surface area contributed by atoms with E-state index in [-0.39, 0.29) is 0 Å². The molecule has 2 aliphatic rings. The Morgan fingerprint density at radius 2 is 2.06 bits per heavy atom. The van der Waals surface area contributed by atoms with Crippen molar-refractivity contribution in [2.24, 2.45) is 11.3 Å². The van der Waals surface area contributed by atoms with Crippen LogP contribution >= 0.6 is 0 Å². The van der Waals surface area contributed by atoms with Crippen LogP contribution in [0, 0.1) is 11.3 Å². The Hall–Kier alpha value is -0.860. The molecule has 17 heavy (non-hydrogen) atoms. The molecule has 0 radical (unpaired) electrons. The molecule has 3 atom stereocenters. The second kappa shape index (κ2) is 4.43. The molecule has 0 aromatic heterocycles. The lowest BCUT2D eigenvalue weighted by Gasteiger charge is -2.49. The highest BCUT2D eigenvalue weighted by Gasteiger charge is 2.41. The Balaban J connectivity index is 1.77. The number of rotatable bonds is 2. The summed E-state index contributed by atoms with van der Waals surface area (Å²) >= 11 is 0. The molecule has 2 fully saturated rings. The first-order chi connectivity index (χ1) is 8.27. The molecule has 2 N–H and O–H groups in total. The van der Waals surface area contributed by atoms with Gasteiger partial charge in [0.25, 0.3) is 0 Å². The molecule has 2 heteroatoms. The van der Waals surface area contributed by atoms with Crippen LogP contribution in [0.15, 0.2) is 30.3 Å². The van der Waals surface area contributed by atoms with Crippen molar-refractivity contribution in [2.75, 3.05) is 19.6 Å². The van der Waals surface area contributed by atoms with Crippen LogP contribution in [0.25, 0.3) is 0 Å². The molecule has 0 spiro atoms. The fourth-order valence-corrected chi connectivity index (χ4v) is 3.48. The molecule has 1 aromatic rings. The lowest BCUT2D eigenvalue weighted by molar-refractivity contribution is 0.0829. The van der Waals surface area contributed by atoms with E-state index in [1.54, 1.807) is 0 Å². The zero-order valence-corrected chi connectivity index (χ0v) is 10.6. The van der Waals surface area contributed by atoms with Crippen LogP contribution in [0.4, 0.5) is 0 Å². The number of fused-ring (bicyclic) bond motifs is 2. The average Bonchev–Trinajstić information content (AvgIpc) is 2.36. The molecule has 2 heterocycles. The lowest BCUT2D eigenvalue weighted by atomic mass is 9.68. The van der Waals surface area contributed by atoms with E-state index in [1.165, 1.54) is 24.9 Å². The van der Waals surface area contributed by atoms with Crippen molar-refractivity contribution in [3.63, 3.8) is 0 Å². The number of hydrogen-bond acceptors (Lipinski definition) is 2. The van der Waals surface area contributed by atoms with Crippen molar-refractivity contribution in [1.82, 2.24) is 10.6 Å². The summed E-state index contributed by atoms with van der Waals surface area (Å²) in [6.07, 6.45) is 2.58. The number of hydrogen-bond donors (Lipinski definition) is 2. The molecule has 0 amide bonds. The predicted octanol–water partition coefficient (Wildman–Crippen LogP) is 1.82. The van der Waals surface area contributed by atoms with E-state index >= 15 is 0 Å². The summed E-state index contributed by atoms with van der Waals surface area (Å²) < 4.78 is 0. The third-order valence-electron chi connectivity index (χ3n) is 4.53. The molecular weight excluding hydrogens is 208 g/mol. The van der Waals surface area contributed by atoms with Gasteiger partial charge in [0.1, 0.15) is 0 Å². The maximum atomic E-state index is 3.71. The summed E-state index contributed by atoms with van der Waals surface area (Å²) in [5.41, 5.74) is 1.92. The third-order valence-corrected chi connectivity index (χ3v) is 4.53. The van der Waals surface area contributed by atoms with Gasteiger partial charge in [0.05, 0.1) is 0 Å². The first kappa shape index (κ1) is 11.2. The van der Waals surface area contributed by atoms with Crippen LogP contribution in [0.1, 0.15) is 18.9 Å². The number of piperidine rings is 2. The summed E-state index contributed by atoms with van der Waals surface area (Å²) in [5, 5.41) is 7.34. The standard InChI is InChI=1S/C15H22N2/c1-12-14-8-15(11-17-12,10-16-9-14)7-13-5-3-2-4-6-13/h2-6,12,14,16-17H,7-11H2,1H3. The zero-order valence-electron chi connectivity index (χ0n) is 10.6. The molecule has 2 aliphatic heterocycles. The second-order valence-electron chi connectivity index (χ2n) is 5.93. The predicted molar refractivity (Wildman–Crippen MR) is 71.0 cm³/mol. The summed E-state index contributed by atoms with van der Waals surface area (Å²) in [6, 6.07) is 11.6. The minimum absolute atomic E-state index is 0.441. The van der Waals surface area contributed by atoms with Crippen LogP contribution in [0.5, 0.6) is 0 Å². The van der Waals surface area contributed by atoms with Gasteiger partial charge in [-0.05, 0) is 43.2 Å². The van der Waals surface area contributed by atoms with Crippen molar-refractivity contribution < 1.29 is 0 Å². The Morgan fingerprint density at radius 3 is 2.88 bits per heavy atom. The van der Waals surface area contributed by atoms with E-state index < -0.39 is 0 Å². The molecule has 3 unspecified atom stereocenters. The first-order valence-electron chi connectivity index (χ1n) is 6.75. The van der Waals surface area contributed by atoms with Gasteiger partial charge in [-0.2, -0.15) is 0 Å². The quantitative estimate of drug-likeness (QED) is 0.810. The summed E-state index contributed by atoms with van der Waals surface area (Å²) in [6.45, 7) is 5.83. The van der Waals surface area contributed by atoms with Gasteiger partial charge in [0.15, 0.2) is 0 Å². The monoisotopic (exact) mass is 230 g/mol. The van der Waals surface area contributed by atoms with Gasteiger partial charge < -0.3 is 10.6 Å². The van der Waals surface area contributed by atoms with Crippen LogP contribution < -0.4 is 10.6 Å². The minimum atomic E-state index is 0.441. The van der Waals surface area contributed by atoms with Gasteiger partial charge in [0, 0.05) is 19.1 Å². The molecule has 2 bridgehead atoms. The fraction of sp³-hybridized carbons (Fsp3) is 0.600. The Bertz CT molecular complexity index is 376. The highest BCUT2D eigenvalue weighted by atomic mass is 15.0. The van der Waals surface area contributed by atoms with E-state index in [2.05, 4.69) is 47.9 Å². The third kappa shape index (κ3) is 2.24. The van der Waals surface area contributed by atoms with Gasteiger partial charge in [0.2, 0.25) is 0 Å². The van der Waals surface area contributed by atoms with Gasteiger partial charge in [-0.3, -0.25) is 0 Å². The largest absolute Gasteiger partial charge is 0.316 e. The van der Waals surface area contributed by atoms with Crippen LogP contribution in [-0.2, 0) is 6.42 Å².